The van der Waals surface area contributed by atoms with Crippen molar-refractivity contribution in [2.45, 2.75) is 13.8 Å². The maximum absolute atomic E-state index is 10.3. The van der Waals surface area contributed by atoms with Crippen molar-refractivity contribution >= 4 is 5.91 Å². The van der Waals surface area contributed by atoms with Crippen molar-refractivity contribution in [2.24, 2.45) is 12.8 Å². The fraction of sp³-hybridized carbons (Fsp3) is 0.500. The molecule has 1 aromatic rings. The average molecular weight is 156 g/mol. The van der Waals surface area contributed by atoms with Crippen LogP contribution in [0.2, 0.25) is 0 Å². The van der Waals surface area contributed by atoms with Crippen LogP contribution in [0.5, 0.6) is 0 Å². The molecule has 62 valence electrons. The van der Waals surface area contributed by atoms with Crippen molar-refractivity contribution in [1.82, 2.24) is 14.8 Å². The Morgan fingerprint density at radius 1 is 1.64 bits per heavy atom. The second-order valence-electron chi connectivity index (χ2n) is 1.61. The van der Waals surface area contributed by atoms with E-state index in [-0.39, 0.29) is 5.82 Å². The normalized spacial score (nSPS) is 8.27. The van der Waals surface area contributed by atoms with Crippen molar-refractivity contribution in [3.8, 4) is 0 Å². The molecule has 0 aliphatic rings. The number of carbonyl (C=O) groups excluding carboxylic acids is 1. The number of nitrogens with zero attached hydrogens (tertiary/aromatic N) is 3. The topological polar surface area (TPSA) is 73.8 Å². The van der Waals surface area contributed by atoms with Gasteiger partial charge in [0.1, 0.15) is 6.33 Å². The zero-order valence-corrected chi connectivity index (χ0v) is 6.90. The Morgan fingerprint density at radius 2 is 2.18 bits per heavy atom. The molecule has 2 N–H and O–H groups in total. The van der Waals surface area contributed by atoms with Gasteiger partial charge in [-0.15, -0.1) is 5.10 Å². The van der Waals surface area contributed by atoms with Gasteiger partial charge in [-0.3, -0.25) is 9.48 Å². The Hall–Kier alpha value is -1.39. The number of aromatic nitrogens is 3. The molecule has 5 heteroatoms. The molecule has 1 heterocycles. The predicted octanol–water partition coefficient (Wildman–Crippen LogP) is -0.0598. The van der Waals surface area contributed by atoms with E-state index >= 15 is 0 Å². The van der Waals surface area contributed by atoms with E-state index in [4.69, 9.17) is 5.73 Å². The molecule has 0 atom stereocenters. The third kappa shape index (κ3) is 2.79. The van der Waals surface area contributed by atoms with Crippen LogP contribution < -0.4 is 5.73 Å². The lowest BCUT2D eigenvalue weighted by atomic mass is 10.6. The molecule has 1 aromatic heterocycles. The maximum atomic E-state index is 10.3. The molecule has 0 saturated heterocycles. The van der Waals surface area contributed by atoms with Gasteiger partial charge in [-0.05, 0) is 0 Å². The Balaban J connectivity index is 0.000000461. The van der Waals surface area contributed by atoms with E-state index in [1.54, 1.807) is 7.05 Å². The minimum absolute atomic E-state index is 0.0532. The molecule has 0 radical (unpaired) electrons. The summed E-state index contributed by atoms with van der Waals surface area (Å²) in [6.45, 7) is 4.00. The third-order valence-electron chi connectivity index (χ3n) is 0.820. The van der Waals surface area contributed by atoms with Crippen LogP contribution in [-0.2, 0) is 7.05 Å². The van der Waals surface area contributed by atoms with Crippen molar-refractivity contribution in [3.05, 3.63) is 12.2 Å². The van der Waals surface area contributed by atoms with Crippen LogP contribution in [0.3, 0.4) is 0 Å². The molecule has 0 fully saturated rings. The lowest BCUT2D eigenvalue weighted by Crippen LogP contribution is -2.13. The first kappa shape index (κ1) is 9.61. The first-order valence-electron chi connectivity index (χ1n) is 3.35. The van der Waals surface area contributed by atoms with Crippen LogP contribution in [0.15, 0.2) is 6.33 Å². The Kier molecular flexibility index (Phi) is 3.87. The van der Waals surface area contributed by atoms with Crippen molar-refractivity contribution < 1.29 is 4.79 Å². The highest BCUT2D eigenvalue weighted by Gasteiger charge is 2.02. The molecule has 0 aromatic carbocycles. The number of amides is 1. The highest BCUT2D eigenvalue weighted by molar-refractivity contribution is 5.88. The zero-order valence-electron chi connectivity index (χ0n) is 6.90. The van der Waals surface area contributed by atoms with E-state index in [0.29, 0.717) is 0 Å². The number of rotatable bonds is 1. The van der Waals surface area contributed by atoms with Gasteiger partial charge >= 0.3 is 0 Å². The van der Waals surface area contributed by atoms with E-state index in [9.17, 15) is 4.79 Å². The van der Waals surface area contributed by atoms with Crippen molar-refractivity contribution in [2.75, 3.05) is 0 Å². The molecule has 0 aliphatic carbocycles. The molecule has 1 amide bonds. The van der Waals surface area contributed by atoms with Gasteiger partial charge in [0.05, 0.1) is 0 Å². The van der Waals surface area contributed by atoms with E-state index < -0.39 is 5.91 Å². The van der Waals surface area contributed by atoms with Crippen LogP contribution >= 0.6 is 0 Å². The van der Waals surface area contributed by atoms with Crippen LogP contribution in [0.25, 0.3) is 0 Å². The number of nitrogens with two attached hydrogens (primary N) is 1. The molecule has 0 bridgehead atoms. The molecule has 1 rings (SSSR count). The quantitative estimate of drug-likeness (QED) is 0.619. The summed E-state index contributed by atoms with van der Waals surface area (Å²) in [7, 11) is 1.67. The van der Waals surface area contributed by atoms with Crippen LogP contribution in [0, 0.1) is 0 Å². The van der Waals surface area contributed by atoms with Gasteiger partial charge in [0.15, 0.2) is 0 Å². The molecule has 0 saturated carbocycles. The highest BCUT2D eigenvalue weighted by Crippen LogP contribution is 1.82. The van der Waals surface area contributed by atoms with Crippen molar-refractivity contribution in [1.29, 1.82) is 0 Å². The number of hydrogen-bond acceptors (Lipinski definition) is 3. The van der Waals surface area contributed by atoms with Crippen LogP contribution in [-0.4, -0.2) is 20.7 Å². The van der Waals surface area contributed by atoms with Gasteiger partial charge in [0.25, 0.3) is 5.91 Å². The van der Waals surface area contributed by atoms with E-state index in [0.717, 1.165) is 0 Å². The largest absolute Gasteiger partial charge is 0.363 e. The average Bonchev–Trinajstić information content (AvgIpc) is 2.40. The summed E-state index contributed by atoms with van der Waals surface area (Å²) in [5, 5.41) is 3.64. The van der Waals surface area contributed by atoms with Gasteiger partial charge in [0, 0.05) is 7.05 Å². The lowest BCUT2D eigenvalue weighted by Gasteiger charge is -1.81. The summed E-state index contributed by atoms with van der Waals surface area (Å²) in [5.74, 6) is -0.548. The summed E-state index contributed by atoms with van der Waals surface area (Å²) < 4.78 is 1.42. The van der Waals surface area contributed by atoms with Gasteiger partial charge in [-0.2, -0.15) is 0 Å². The van der Waals surface area contributed by atoms with Gasteiger partial charge < -0.3 is 5.73 Å². The molecule has 0 unspecified atom stereocenters. The van der Waals surface area contributed by atoms with Gasteiger partial charge in [-0.25, -0.2) is 4.98 Å². The number of carbonyl (C=O) groups is 1. The fourth-order valence-electron chi connectivity index (χ4n) is 0.452. The van der Waals surface area contributed by atoms with E-state index in [2.05, 4.69) is 10.1 Å². The maximum Gasteiger partial charge on any atom is 0.288 e. The minimum atomic E-state index is -0.601. The van der Waals surface area contributed by atoms with Crippen LogP contribution in [0.1, 0.15) is 24.5 Å². The number of hydrogen-bond donors (Lipinski definition) is 1. The molecule has 5 nitrogen and oxygen atoms in total. The molecular weight excluding hydrogens is 144 g/mol. The van der Waals surface area contributed by atoms with E-state index in [1.165, 1.54) is 11.0 Å². The SMILES string of the molecule is CC.Cn1cnc(C(N)=O)n1. The predicted molar refractivity (Wildman–Crippen MR) is 40.9 cm³/mol. The smallest absolute Gasteiger partial charge is 0.288 e. The molecule has 0 spiro atoms. The summed E-state index contributed by atoms with van der Waals surface area (Å²) in [6.07, 6.45) is 1.42. The monoisotopic (exact) mass is 156 g/mol. The van der Waals surface area contributed by atoms with Gasteiger partial charge in [-0.1, -0.05) is 13.8 Å². The second kappa shape index (κ2) is 4.43. The summed E-state index contributed by atoms with van der Waals surface area (Å²) in [6, 6.07) is 0. The Bertz CT molecular complexity index is 230. The molecule has 11 heavy (non-hydrogen) atoms. The summed E-state index contributed by atoms with van der Waals surface area (Å²) in [5.41, 5.74) is 4.85. The molecular formula is C6H12N4O. The summed E-state index contributed by atoms with van der Waals surface area (Å²) >= 11 is 0. The Morgan fingerprint density at radius 3 is 2.36 bits per heavy atom. The number of primary amides is 1. The highest BCUT2D eigenvalue weighted by atomic mass is 16.1. The number of aryl methyl sites for hydroxylation is 1. The second-order valence-corrected chi connectivity index (χ2v) is 1.61. The van der Waals surface area contributed by atoms with Crippen molar-refractivity contribution in [3.63, 3.8) is 0 Å². The fourth-order valence-corrected chi connectivity index (χ4v) is 0.452. The summed E-state index contributed by atoms with van der Waals surface area (Å²) in [4.78, 5) is 13.9. The zero-order chi connectivity index (χ0) is 8.85. The lowest BCUT2D eigenvalue weighted by molar-refractivity contribution is 0.0990. The van der Waals surface area contributed by atoms with Crippen LogP contribution in [0.4, 0.5) is 0 Å². The first-order chi connectivity index (χ1) is 5.20. The first-order valence-corrected chi connectivity index (χ1v) is 3.35. The standard InChI is InChI=1S/C4H6N4O.C2H6/c1-8-2-6-4(7-8)3(5)9;1-2/h2H,1H3,(H2,5,9);1-2H3. The van der Waals surface area contributed by atoms with E-state index in [1.807, 2.05) is 13.8 Å². The Labute approximate surface area is 65.2 Å². The van der Waals surface area contributed by atoms with Gasteiger partial charge in [0.2, 0.25) is 5.82 Å². The minimum Gasteiger partial charge on any atom is -0.363 e. The molecule has 0 aliphatic heterocycles. The third-order valence-corrected chi connectivity index (χ3v) is 0.820.